The van der Waals surface area contributed by atoms with Gasteiger partial charge in [-0.05, 0) is 30.7 Å². The van der Waals surface area contributed by atoms with E-state index >= 15 is 0 Å². The fraction of sp³-hybridized carbons (Fsp3) is 0.467. The van der Waals surface area contributed by atoms with Gasteiger partial charge in [0.05, 0.1) is 6.42 Å². The lowest BCUT2D eigenvalue weighted by Crippen LogP contribution is -2.44. The van der Waals surface area contributed by atoms with Gasteiger partial charge in [0.1, 0.15) is 6.04 Å². The number of carbonyl (C=O) groups is 2. The zero-order chi connectivity index (χ0) is 15.0. The first-order valence-electron chi connectivity index (χ1n) is 7.28. The molecule has 6 heteroatoms. The van der Waals surface area contributed by atoms with E-state index < -0.39 is 11.9 Å². The highest BCUT2D eigenvalue weighted by atomic mass is 16.2. The number of nitrogens with two attached hydrogens (primary N) is 1. The first-order chi connectivity index (χ1) is 10.1. The number of rotatable bonds is 3. The Bertz CT molecular complexity index is 581. The Morgan fingerprint density at radius 3 is 2.71 bits per heavy atom. The molecule has 0 radical (unpaired) electrons. The van der Waals surface area contributed by atoms with Crippen LogP contribution >= 0.6 is 0 Å². The van der Waals surface area contributed by atoms with Crippen molar-refractivity contribution in [2.24, 2.45) is 5.73 Å². The Balaban J connectivity index is 1.89. The van der Waals surface area contributed by atoms with Gasteiger partial charge < -0.3 is 16.0 Å². The molecule has 1 aromatic carbocycles. The van der Waals surface area contributed by atoms with Crippen molar-refractivity contribution < 1.29 is 9.59 Å². The van der Waals surface area contributed by atoms with Crippen LogP contribution in [0.2, 0.25) is 0 Å². The summed E-state index contributed by atoms with van der Waals surface area (Å²) in [5.41, 5.74) is 8.26. The summed E-state index contributed by atoms with van der Waals surface area (Å²) in [4.78, 5) is 27.3. The van der Waals surface area contributed by atoms with Crippen LogP contribution in [0.4, 0.5) is 11.4 Å². The van der Waals surface area contributed by atoms with E-state index in [0.29, 0.717) is 6.42 Å². The van der Waals surface area contributed by atoms with Crippen molar-refractivity contribution in [1.29, 1.82) is 0 Å². The number of fused-ring (bicyclic) bond motifs is 1. The minimum absolute atomic E-state index is 0.0613. The summed E-state index contributed by atoms with van der Waals surface area (Å²) in [7, 11) is 0. The lowest BCUT2D eigenvalue weighted by atomic mass is 10.1. The quantitative estimate of drug-likeness (QED) is 0.811. The Hall–Kier alpha value is -2.08. The molecule has 3 N–H and O–H groups in total. The minimum atomic E-state index is -0.608. The van der Waals surface area contributed by atoms with Crippen molar-refractivity contribution in [3.05, 3.63) is 23.8 Å². The Labute approximate surface area is 123 Å². The van der Waals surface area contributed by atoms with Crippen LogP contribution < -0.4 is 20.9 Å². The molecule has 0 bridgehead atoms. The van der Waals surface area contributed by atoms with Crippen molar-refractivity contribution in [3.63, 3.8) is 0 Å². The molecule has 0 saturated carbocycles. The van der Waals surface area contributed by atoms with Crippen LogP contribution in [-0.2, 0) is 16.0 Å². The fourth-order valence-corrected chi connectivity index (χ4v) is 3.00. The molecule has 2 amide bonds. The third-order valence-electron chi connectivity index (χ3n) is 4.21. The maximum atomic E-state index is 12.2. The summed E-state index contributed by atoms with van der Waals surface area (Å²) in [6.45, 7) is 5.55. The van der Waals surface area contributed by atoms with Crippen LogP contribution in [-0.4, -0.2) is 44.0 Å². The third kappa shape index (κ3) is 2.47. The van der Waals surface area contributed by atoms with Crippen molar-refractivity contribution in [2.45, 2.75) is 19.4 Å². The fourth-order valence-electron chi connectivity index (χ4n) is 3.00. The molecule has 112 valence electrons. The predicted molar refractivity (Wildman–Crippen MR) is 81.4 cm³/mol. The molecule has 0 spiro atoms. The van der Waals surface area contributed by atoms with E-state index in [1.807, 2.05) is 12.1 Å². The van der Waals surface area contributed by atoms with Gasteiger partial charge in [0.2, 0.25) is 11.8 Å². The average Bonchev–Trinajstić information content (AvgIpc) is 2.82. The number of nitrogens with zero attached hydrogens (tertiary/aromatic N) is 2. The van der Waals surface area contributed by atoms with Gasteiger partial charge >= 0.3 is 0 Å². The summed E-state index contributed by atoms with van der Waals surface area (Å²) in [6, 6.07) is 5.40. The molecule has 1 atom stereocenters. The normalized spacial score (nSPS) is 19.6. The van der Waals surface area contributed by atoms with Crippen LogP contribution in [0, 0.1) is 0 Å². The van der Waals surface area contributed by atoms with E-state index in [-0.39, 0.29) is 5.91 Å². The molecule has 2 aliphatic rings. The summed E-state index contributed by atoms with van der Waals surface area (Å²) in [5.74, 6) is -0.545. The minimum Gasteiger partial charge on any atom is -0.369 e. The molecule has 0 aromatic heterocycles. The van der Waals surface area contributed by atoms with E-state index in [1.165, 1.54) is 4.90 Å². The third-order valence-corrected chi connectivity index (χ3v) is 4.21. The van der Waals surface area contributed by atoms with E-state index in [0.717, 1.165) is 43.1 Å². The molecule has 6 nitrogen and oxygen atoms in total. The SMILES string of the molecule is CC(C(N)=O)N1C(=O)Cc2cc(N3CCNCC3)ccc21. The summed E-state index contributed by atoms with van der Waals surface area (Å²) >= 11 is 0. The number of benzene rings is 1. The average molecular weight is 288 g/mol. The van der Waals surface area contributed by atoms with Gasteiger partial charge in [-0.1, -0.05) is 0 Å². The van der Waals surface area contributed by atoms with Crippen molar-refractivity contribution in [3.8, 4) is 0 Å². The molecule has 1 aromatic rings. The smallest absolute Gasteiger partial charge is 0.240 e. The molecular formula is C15H20N4O2. The largest absolute Gasteiger partial charge is 0.369 e. The summed E-state index contributed by atoms with van der Waals surface area (Å²) < 4.78 is 0. The predicted octanol–water partition coefficient (Wildman–Crippen LogP) is -0.141. The van der Waals surface area contributed by atoms with Crippen LogP contribution in [0.1, 0.15) is 12.5 Å². The molecule has 0 aliphatic carbocycles. The highest BCUT2D eigenvalue weighted by Gasteiger charge is 2.33. The topological polar surface area (TPSA) is 78.7 Å². The molecule has 1 saturated heterocycles. The first kappa shape index (κ1) is 13.9. The van der Waals surface area contributed by atoms with E-state index in [1.54, 1.807) is 6.92 Å². The van der Waals surface area contributed by atoms with E-state index in [4.69, 9.17) is 5.73 Å². The molecule has 3 rings (SSSR count). The molecular weight excluding hydrogens is 268 g/mol. The molecule has 1 fully saturated rings. The van der Waals surface area contributed by atoms with Gasteiger partial charge in [0.15, 0.2) is 0 Å². The van der Waals surface area contributed by atoms with Crippen LogP contribution in [0.25, 0.3) is 0 Å². The zero-order valence-electron chi connectivity index (χ0n) is 12.1. The number of anilines is 2. The highest BCUT2D eigenvalue weighted by Crippen LogP contribution is 2.33. The van der Waals surface area contributed by atoms with E-state index in [9.17, 15) is 9.59 Å². The Morgan fingerprint density at radius 2 is 2.05 bits per heavy atom. The number of hydrogen-bond donors (Lipinski definition) is 2. The van der Waals surface area contributed by atoms with Crippen LogP contribution in [0.5, 0.6) is 0 Å². The molecule has 2 aliphatic heterocycles. The summed E-state index contributed by atoms with van der Waals surface area (Å²) in [6.07, 6.45) is 0.340. The number of amides is 2. The molecule has 21 heavy (non-hydrogen) atoms. The number of nitrogens with one attached hydrogen (secondary N) is 1. The number of hydrogen-bond acceptors (Lipinski definition) is 4. The van der Waals surface area contributed by atoms with Crippen LogP contribution in [0.3, 0.4) is 0 Å². The standard InChI is InChI=1S/C15H20N4O2/c1-10(15(16)21)19-13-3-2-12(8-11(13)9-14(19)20)18-6-4-17-5-7-18/h2-3,8,10,17H,4-7,9H2,1H3,(H2,16,21). The Morgan fingerprint density at radius 1 is 1.33 bits per heavy atom. The summed E-state index contributed by atoms with van der Waals surface area (Å²) in [5, 5.41) is 3.32. The van der Waals surface area contributed by atoms with E-state index in [2.05, 4.69) is 16.3 Å². The van der Waals surface area contributed by atoms with Crippen molar-refractivity contribution in [2.75, 3.05) is 36.0 Å². The maximum Gasteiger partial charge on any atom is 0.240 e. The molecule has 1 unspecified atom stereocenters. The monoisotopic (exact) mass is 288 g/mol. The Kier molecular flexibility index (Phi) is 3.55. The van der Waals surface area contributed by atoms with Gasteiger partial charge in [-0.2, -0.15) is 0 Å². The maximum absolute atomic E-state index is 12.2. The highest BCUT2D eigenvalue weighted by molar-refractivity contribution is 6.06. The second-order valence-corrected chi connectivity index (χ2v) is 5.57. The van der Waals surface area contributed by atoms with Gasteiger partial charge in [-0.3, -0.25) is 14.5 Å². The zero-order valence-corrected chi connectivity index (χ0v) is 12.1. The number of carbonyl (C=O) groups excluding carboxylic acids is 2. The van der Waals surface area contributed by atoms with Crippen LogP contribution in [0.15, 0.2) is 18.2 Å². The second-order valence-electron chi connectivity index (χ2n) is 5.57. The van der Waals surface area contributed by atoms with Gasteiger partial charge in [0.25, 0.3) is 0 Å². The number of primary amides is 1. The van der Waals surface area contributed by atoms with Gasteiger partial charge in [-0.25, -0.2) is 0 Å². The lowest BCUT2D eigenvalue weighted by molar-refractivity contribution is -0.123. The van der Waals surface area contributed by atoms with Crippen molar-refractivity contribution >= 4 is 23.2 Å². The van der Waals surface area contributed by atoms with Gasteiger partial charge in [-0.15, -0.1) is 0 Å². The number of piperazine rings is 1. The first-order valence-corrected chi connectivity index (χ1v) is 7.28. The van der Waals surface area contributed by atoms with Crippen molar-refractivity contribution in [1.82, 2.24) is 5.32 Å². The lowest BCUT2D eigenvalue weighted by Gasteiger charge is -2.30. The van der Waals surface area contributed by atoms with Gasteiger partial charge in [0, 0.05) is 37.6 Å². The molecule has 2 heterocycles. The second kappa shape index (κ2) is 5.37.